The molecule has 0 spiro atoms. The number of likely N-dealkylation sites (tertiary alicyclic amines) is 1. The van der Waals surface area contributed by atoms with E-state index in [4.69, 9.17) is 14.2 Å². The number of anilines is 2. The van der Waals surface area contributed by atoms with Crippen molar-refractivity contribution >= 4 is 23.7 Å². The Hall–Kier alpha value is -4.81. The maximum absolute atomic E-state index is 13.9. The molecule has 3 aromatic rings. The first-order chi connectivity index (χ1) is 26.8. The van der Waals surface area contributed by atoms with E-state index < -0.39 is 59.8 Å². The predicted molar refractivity (Wildman–Crippen MR) is 189 cm³/mol. The van der Waals surface area contributed by atoms with Gasteiger partial charge in [-0.25, -0.2) is 14.8 Å². The van der Waals surface area contributed by atoms with Crippen LogP contribution < -0.4 is 15.0 Å². The Morgan fingerprint density at radius 3 is 2.05 bits per heavy atom. The van der Waals surface area contributed by atoms with Gasteiger partial charge in [-0.2, -0.15) is 39.5 Å². The van der Waals surface area contributed by atoms with Gasteiger partial charge in [-0.15, -0.1) is 0 Å². The molecule has 5 rings (SSSR count). The third-order valence-electron chi connectivity index (χ3n) is 9.82. The summed E-state index contributed by atoms with van der Waals surface area (Å²) in [7, 11) is 0. The van der Waals surface area contributed by atoms with E-state index in [-0.39, 0.29) is 78.4 Å². The summed E-state index contributed by atoms with van der Waals surface area (Å²) in [5.74, 6) is -0.759. The molecule has 1 amide bonds. The number of amides is 1. The number of esters is 1. The quantitative estimate of drug-likeness (QED) is 0.142. The molecule has 0 aliphatic carbocycles. The lowest BCUT2D eigenvalue weighted by atomic mass is 9.89. The lowest BCUT2D eigenvalue weighted by Gasteiger charge is -2.40. The Morgan fingerprint density at radius 2 is 1.47 bits per heavy atom. The van der Waals surface area contributed by atoms with Crippen LogP contribution in [-0.2, 0) is 39.2 Å². The van der Waals surface area contributed by atoms with Gasteiger partial charge in [0.05, 0.1) is 59.4 Å². The van der Waals surface area contributed by atoms with E-state index in [2.05, 4.69) is 15.3 Å². The molecule has 2 aliphatic heterocycles. The van der Waals surface area contributed by atoms with Gasteiger partial charge in [-0.1, -0.05) is 6.92 Å². The van der Waals surface area contributed by atoms with Crippen molar-refractivity contribution in [3.63, 3.8) is 0 Å². The van der Waals surface area contributed by atoms with E-state index in [0.29, 0.717) is 51.0 Å². The molecule has 0 saturated carbocycles. The van der Waals surface area contributed by atoms with Crippen molar-refractivity contribution in [2.75, 3.05) is 49.7 Å². The van der Waals surface area contributed by atoms with Crippen molar-refractivity contribution in [2.24, 2.45) is 5.92 Å². The maximum atomic E-state index is 13.9. The molecule has 0 radical (unpaired) electrons. The molecule has 1 aromatic heterocycles. The van der Waals surface area contributed by atoms with Gasteiger partial charge in [0.25, 0.3) is 0 Å². The normalized spacial score (nSPS) is 18.2. The molecule has 57 heavy (non-hydrogen) atoms. The summed E-state index contributed by atoms with van der Waals surface area (Å²) in [5.41, 5.74) is -4.32. The minimum Gasteiger partial charge on any atom is -0.489 e. The van der Waals surface area contributed by atoms with Gasteiger partial charge in [0.1, 0.15) is 6.61 Å². The molecule has 19 heteroatoms. The summed E-state index contributed by atoms with van der Waals surface area (Å²) in [6.07, 6.45) is -13.6. The predicted octanol–water partition coefficient (Wildman–Crippen LogP) is 9.08. The number of nitrogens with one attached hydrogen (secondary N) is 1. The van der Waals surface area contributed by atoms with E-state index in [1.165, 1.54) is 17.2 Å². The summed E-state index contributed by atoms with van der Waals surface area (Å²) in [5, 5.41) is 3.00. The van der Waals surface area contributed by atoms with Crippen LogP contribution in [0.1, 0.15) is 86.0 Å². The summed E-state index contributed by atoms with van der Waals surface area (Å²) >= 11 is 0. The molecule has 2 atom stereocenters. The highest BCUT2D eigenvalue weighted by atomic mass is 19.4. The number of carbonyl (C=O) groups is 2. The highest BCUT2D eigenvalue weighted by Gasteiger charge is 2.40. The molecule has 1 fully saturated rings. The lowest BCUT2D eigenvalue weighted by molar-refractivity contribution is -0.149. The second kappa shape index (κ2) is 17.8. The highest BCUT2D eigenvalue weighted by Crippen LogP contribution is 2.43. The smallest absolute Gasteiger partial charge is 0.416 e. The van der Waals surface area contributed by atoms with Gasteiger partial charge in [0.2, 0.25) is 5.95 Å². The van der Waals surface area contributed by atoms with Gasteiger partial charge in [-0.05, 0) is 100 Å². The van der Waals surface area contributed by atoms with E-state index in [9.17, 15) is 49.1 Å². The number of alkyl halides is 9. The van der Waals surface area contributed by atoms with Crippen LogP contribution in [-0.4, -0.2) is 72.4 Å². The molecule has 2 aromatic carbocycles. The van der Waals surface area contributed by atoms with Crippen LogP contribution in [0, 0.1) is 5.92 Å². The number of benzene rings is 2. The Balaban J connectivity index is 1.48. The molecule has 3 heterocycles. The molecule has 2 aliphatic rings. The zero-order valence-corrected chi connectivity index (χ0v) is 31.3. The average molecular weight is 820 g/mol. The van der Waals surface area contributed by atoms with Crippen LogP contribution in [0.3, 0.4) is 0 Å². The van der Waals surface area contributed by atoms with Crippen molar-refractivity contribution in [3.05, 3.63) is 76.1 Å². The molecule has 0 unspecified atom stereocenters. The Labute approximate surface area is 322 Å². The van der Waals surface area contributed by atoms with Crippen molar-refractivity contribution < 1.29 is 63.3 Å². The fraction of sp³-hybridized carbons (Fsp3) is 0.526. The Kier molecular flexibility index (Phi) is 13.5. The first-order valence-electron chi connectivity index (χ1n) is 18.4. The summed E-state index contributed by atoms with van der Waals surface area (Å²) < 4.78 is 141. The van der Waals surface area contributed by atoms with Crippen LogP contribution in [0.5, 0.6) is 5.75 Å². The van der Waals surface area contributed by atoms with Gasteiger partial charge in [0, 0.05) is 19.0 Å². The number of halogens is 9. The zero-order chi connectivity index (χ0) is 41.7. The lowest BCUT2D eigenvalue weighted by Crippen LogP contribution is -2.46. The van der Waals surface area contributed by atoms with Gasteiger partial charge in [0.15, 0.2) is 5.75 Å². The molecular formula is C38H42F9N5O5. The number of fused-ring (bicyclic) bond motifs is 1. The summed E-state index contributed by atoms with van der Waals surface area (Å²) in [4.78, 5) is 37.2. The average Bonchev–Trinajstić information content (AvgIpc) is 3.14. The fourth-order valence-electron chi connectivity index (χ4n) is 6.99. The van der Waals surface area contributed by atoms with Gasteiger partial charge in [-0.3, -0.25) is 14.6 Å². The summed E-state index contributed by atoms with van der Waals surface area (Å²) in [6, 6.07) is 2.58. The van der Waals surface area contributed by atoms with Crippen molar-refractivity contribution in [1.29, 1.82) is 0 Å². The monoisotopic (exact) mass is 819 g/mol. The van der Waals surface area contributed by atoms with Crippen LogP contribution in [0.15, 0.2) is 42.6 Å². The standard InChI is InChI=1S/C38H42F9N5O5/c1-4-27-20-29(28-19-24(36(39,40)41)7-8-31(28)52(27)35(54)56-6-3)49-34-48-21-32(57-14-13-51-11-9-23(10-12-51)33(53)55-5-2)30(50-34)17-22-15-25(37(42,43)44)18-26(16-22)38(45,46)47/h7-8,15-16,18-19,21,23,27,29H,4-6,9-14,17,20H2,1-3H3,(H,48,49,50)/t27-,29+/m1/s1. The number of aromatic nitrogens is 2. The largest absolute Gasteiger partial charge is 0.489 e. The van der Waals surface area contributed by atoms with Gasteiger partial charge < -0.3 is 19.5 Å². The van der Waals surface area contributed by atoms with Crippen molar-refractivity contribution in [3.8, 4) is 5.75 Å². The third kappa shape index (κ3) is 10.8. The first-order valence-corrected chi connectivity index (χ1v) is 18.4. The van der Waals surface area contributed by atoms with Crippen LogP contribution in [0.25, 0.3) is 0 Å². The topological polar surface area (TPSA) is 106 Å². The van der Waals surface area contributed by atoms with E-state index >= 15 is 0 Å². The summed E-state index contributed by atoms with van der Waals surface area (Å²) in [6.45, 7) is 6.83. The SMILES string of the molecule is CCOC(=O)C1CCN(CCOc2cnc(N[C@H]3C[C@@H](CC)N(C(=O)OCC)c4ccc(C(F)(F)F)cc43)nc2Cc2cc(C(F)(F)F)cc(C(F)(F)F)c2)CC1. The second-order valence-corrected chi connectivity index (χ2v) is 13.6. The fourth-order valence-corrected chi connectivity index (χ4v) is 6.99. The van der Waals surface area contributed by atoms with Crippen LogP contribution in [0.2, 0.25) is 0 Å². The number of piperidine rings is 1. The van der Waals surface area contributed by atoms with Gasteiger partial charge >= 0.3 is 30.6 Å². The number of carbonyl (C=O) groups excluding carboxylic acids is 2. The number of hydrogen-bond donors (Lipinski definition) is 1. The molecule has 1 saturated heterocycles. The molecule has 10 nitrogen and oxygen atoms in total. The second-order valence-electron chi connectivity index (χ2n) is 13.6. The minimum absolute atomic E-state index is 0.0124. The maximum Gasteiger partial charge on any atom is 0.416 e. The number of ether oxygens (including phenoxy) is 3. The van der Waals surface area contributed by atoms with Crippen LogP contribution >= 0.6 is 0 Å². The number of nitrogens with zero attached hydrogens (tertiary/aromatic N) is 4. The molecule has 312 valence electrons. The molecular weight excluding hydrogens is 777 g/mol. The number of rotatable bonds is 12. The van der Waals surface area contributed by atoms with E-state index in [0.717, 1.165) is 12.1 Å². The minimum atomic E-state index is -5.11. The highest BCUT2D eigenvalue weighted by molar-refractivity contribution is 5.90. The first kappa shape index (κ1) is 43.3. The van der Waals surface area contributed by atoms with Crippen molar-refractivity contribution in [1.82, 2.24) is 14.9 Å². The molecule has 1 N–H and O–H groups in total. The zero-order valence-electron chi connectivity index (χ0n) is 31.3. The van der Waals surface area contributed by atoms with E-state index in [1.807, 2.05) is 4.90 Å². The Bertz CT molecular complexity index is 1850. The third-order valence-corrected chi connectivity index (χ3v) is 9.82. The van der Waals surface area contributed by atoms with Crippen LogP contribution in [0.4, 0.5) is 55.9 Å². The number of hydrogen-bond acceptors (Lipinski definition) is 9. The Morgan fingerprint density at radius 1 is 0.842 bits per heavy atom. The van der Waals surface area contributed by atoms with E-state index in [1.54, 1.807) is 20.8 Å². The van der Waals surface area contributed by atoms with Crippen molar-refractivity contribution in [2.45, 2.75) is 83.5 Å². The molecule has 0 bridgehead atoms.